The Labute approximate surface area is 156 Å². The van der Waals surface area contributed by atoms with Gasteiger partial charge in [0.15, 0.2) is 0 Å². The van der Waals surface area contributed by atoms with Crippen LogP contribution in [-0.4, -0.2) is 43.4 Å². The van der Waals surface area contributed by atoms with Gasteiger partial charge in [-0.3, -0.25) is 4.79 Å². The summed E-state index contributed by atoms with van der Waals surface area (Å²) in [6.07, 6.45) is 10.8. The number of likely N-dealkylation sites (tertiary alicyclic amines) is 1. The smallest absolute Gasteiger partial charge is 0.223 e. The Hall–Kier alpha value is -3.14. The SMILES string of the molecule is N#CCC1(n2ccc(-c3ncnc4[nH]ccc34)c2)CN(C(=O)CC2CC2)C1. The van der Waals surface area contributed by atoms with E-state index in [4.69, 9.17) is 0 Å². The molecule has 0 radical (unpaired) electrons. The van der Waals surface area contributed by atoms with Crippen LogP contribution in [0.1, 0.15) is 25.7 Å². The number of fused-ring (bicyclic) bond motifs is 1. The summed E-state index contributed by atoms with van der Waals surface area (Å²) in [7, 11) is 0. The largest absolute Gasteiger partial charge is 0.346 e. The number of aromatic amines is 1. The van der Waals surface area contributed by atoms with Crippen molar-refractivity contribution in [3.05, 3.63) is 37.1 Å². The van der Waals surface area contributed by atoms with Crippen LogP contribution in [-0.2, 0) is 10.3 Å². The first kappa shape index (κ1) is 16.1. The van der Waals surface area contributed by atoms with Crippen LogP contribution >= 0.6 is 0 Å². The number of hydrogen-bond donors (Lipinski definition) is 1. The minimum Gasteiger partial charge on any atom is -0.346 e. The molecule has 3 aromatic heterocycles. The third-order valence-electron chi connectivity index (χ3n) is 5.76. The molecule has 1 amide bonds. The topological polar surface area (TPSA) is 90.6 Å². The Balaban J connectivity index is 1.41. The Morgan fingerprint density at radius 3 is 2.96 bits per heavy atom. The van der Waals surface area contributed by atoms with E-state index < -0.39 is 0 Å². The highest BCUT2D eigenvalue weighted by molar-refractivity contribution is 5.90. The van der Waals surface area contributed by atoms with Crippen molar-refractivity contribution >= 4 is 16.9 Å². The van der Waals surface area contributed by atoms with Crippen molar-refractivity contribution < 1.29 is 4.79 Å². The summed E-state index contributed by atoms with van der Waals surface area (Å²) in [5.74, 6) is 0.812. The van der Waals surface area contributed by atoms with Crippen molar-refractivity contribution in [1.82, 2.24) is 24.4 Å². The second-order valence-electron chi connectivity index (χ2n) is 7.73. The van der Waals surface area contributed by atoms with Crippen LogP contribution in [0.2, 0.25) is 0 Å². The molecule has 0 spiro atoms. The number of rotatable bonds is 5. The fourth-order valence-corrected chi connectivity index (χ4v) is 3.99. The minimum absolute atomic E-state index is 0.225. The van der Waals surface area contributed by atoms with E-state index in [1.807, 2.05) is 35.6 Å². The minimum atomic E-state index is -0.337. The normalized spacial score (nSPS) is 18.3. The van der Waals surface area contributed by atoms with Gasteiger partial charge < -0.3 is 14.5 Å². The van der Waals surface area contributed by atoms with Crippen molar-refractivity contribution in [2.75, 3.05) is 13.1 Å². The predicted molar refractivity (Wildman–Crippen MR) is 99.4 cm³/mol. The molecule has 2 fully saturated rings. The third-order valence-corrected chi connectivity index (χ3v) is 5.76. The van der Waals surface area contributed by atoms with Crippen LogP contribution in [0, 0.1) is 17.2 Å². The zero-order chi connectivity index (χ0) is 18.4. The number of amides is 1. The van der Waals surface area contributed by atoms with Crippen molar-refractivity contribution in [1.29, 1.82) is 5.26 Å². The van der Waals surface area contributed by atoms with E-state index in [2.05, 4.69) is 25.6 Å². The van der Waals surface area contributed by atoms with Gasteiger partial charge in [-0.05, 0) is 30.9 Å². The summed E-state index contributed by atoms with van der Waals surface area (Å²) >= 11 is 0. The zero-order valence-corrected chi connectivity index (χ0v) is 14.9. The van der Waals surface area contributed by atoms with Gasteiger partial charge in [0.25, 0.3) is 0 Å². The fourth-order valence-electron chi connectivity index (χ4n) is 3.99. The zero-order valence-electron chi connectivity index (χ0n) is 14.9. The molecule has 7 nitrogen and oxygen atoms in total. The summed E-state index contributed by atoms with van der Waals surface area (Å²) < 4.78 is 2.09. The third kappa shape index (κ3) is 2.69. The molecule has 0 atom stereocenters. The summed E-state index contributed by atoms with van der Waals surface area (Å²) in [5.41, 5.74) is 2.33. The lowest BCUT2D eigenvalue weighted by Gasteiger charge is -2.50. The van der Waals surface area contributed by atoms with Crippen LogP contribution in [0.5, 0.6) is 0 Å². The lowest BCUT2D eigenvalue weighted by Crippen LogP contribution is -2.63. The quantitative estimate of drug-likeness (QED) is 0.757. The maximum atomic E-state index is 12.4. The van der Waals surface area contributed by atoms with E-state index >= 15 is 0 Å². The van der Waals surface area contributed by atoms with E-state index in [1.165, 1.54) is 12.8 Å². The monoisotopic (exact) mass is 360 g/mol. The Morgan fingerprint density at radius 2 is 2.19 bits per heavy atom. The molecule has 7 heteroatoms. The Kier molecular flexibility index (Phi) is 3.54. The lowest BCUT2D eigenvalue weighted by atomic mass is 9.86. The first-order valence-corrected chi connectivity index (χ1v) is 9.30. The van der Waals surface area contributed by atoms with Crippen molar-refractivity contribution in [3.8, 4) is 17.3 Å². The van der Waals surface area contributed by atoms with Gasteiger partial charge in [0, 0.05) is 49.1 Å². The summed E-state index contributed by atoms with van der Waals surface area (Å²) in [4.78, 5) is 26.0. The molecule has 0 aromatic carbocycles. The molecule has 1 saturated carbocycles. The van der Waals surface area contributed by atoms with Gasteiger partial charge in [-0.1, -0.05) is 0 Å². The molecule has 3 aromatic rings. The van der Waals surface area contributed by atoms with Gasteiger partial charge in [0.05, 0.1) is 23.7 Å². The molecule has 0 unspecified atom stereocenters. The molecule has 1 aliphatic heterocycles. The molecule has 1 N–H and O–H groups in total. The molecule has 27 heavy (non-hydrogen) atoms. The van der Waals surface area contributed by atoms with Gasteiger partial charge in [0.1, 0.15) is 12.0 Å². The van der Waals surface area contributed by atoms with Crippen molar-refractivity contribution in [2.24, 2.45) is 5.92 Å². The number of carbonyl (C=O) groups is 1. The molecule has 1 saturated heterocycles. The Bertz CT molecular complexity index is 1050. The molecule has 0 bridgehead atoms. The first-order valence-electron chi connectivity index (χ1n) is 9.30. The van der Waals surface area contributed by atoms with Crippen LogP contribution in [0.4, 0.5) is 0 Å². The molecular formula is C20H20N6O. The standard InChI is InChI=1S/C20H20N6O/c21-6-5-20(11-25(12-20)17(27)9-14-1-2-14)26-8-4-15(10-26)18-16-3-7-22-19(16)24-13-23-18/h3-4,7-8,10,13-14H,1-2,5,9,11-12H2,(H,22,23,24). The predicted octanol–water partition coefficient (Wildman–Crippen LogP) is 2.68. The van der Waals surface area contributed by atoms with E-state index in [1.54, 1.807) is 6.33 Å². The van der Waals surface area contributed by atoms with Crippen molar-refractivity contribution in [2.45, 2.75) is 31.2 Å². The number of nitrogens with one attached hydrogen (secondary N) is 1. The van der Waals surface area contributed by atoms with Crippen LogP contribution in [0.25, 0.3) is 22.3 Å². The fraction of sp³-hybridized carbons (Fsp3) is 0.400. The average Bonchev–Trinajstić information content (AvgIpc) is 3.11. The number of aromatic nitrogens is 4. The maximum absolute atomic E-state index is 12.4. The number of nitriles is 1. The summed E-state index contributed by atoms with van der Waals surface area (Å²) in [5, 5.41) is 10.3. The molecule has 2 aliphatic rings. The molecule has 1 aliphatic carbocycles. The average molecular weight is 360 g/mol. The maximum Gasteiger partial charge on any atom is 0.223 e. The highest BCUT2D eigenvalue weighted by Gasteiger charge is 2.47. The molecule has 5 rings (SSSR count). The molecule has 4 heterocycles. The highest BCUT2D eigenvalue weighted by atomic mass is 16.2. The van der Waals surface area contributed by atoms with Gasteiger partial charge in [-0.15, -0.1) is 0 Å². The second kappa shape index (κ2) is 5.95. The van der Waals surface area contributed by atoms with Gasteiger partial charge in [0.2, 0.25) is 5.91 Å². The van der Waals surface area contributed by atoms with Gasteiger partial charge in [-0.2, -0.15) is 5.26 Å². The van der Waals surface area contributed by atoms with E-state index in [-0.39, 0.29) is 11.4 Å². The van der Waals surface area contributed by atoms with Crippen molar-refractivity contribution in [3.63, 3.8) is 0 Å². The van der Waals surface area contributed by atoms with Gasteiger partial charge >= 0.3 is 0 Å². The lowest BCUT2D eigenvalue weighted by molar-refractivity contribution is -0.142. The molecule has 136 valence electrons. The number of carbonyl (C=O) groups excluding carboxylic acids is 1. The summed E-state index contributed by atoms with van der Waals surface area (Å²) in [6, 6.07) is 6.29. The van der Waals surface area contributed by atoms with Crippen LogP contribution in [0.15, 0.2) is 37.1 Å². The van der Waals surface area contributed by atoms with Gasteiger partial charge in [-0.25, -0.2) is 9.97 Å². The van der Waals surface area contributed by atoms with E-state index in [0.717, 1.165) is 22.3 Å². The second-order valence-corrected chi connectivity index (χ2v) is 7.73. The first-order chi connectivity index (χ1) is 13.2. The number of hydrogen-bond acceptors (Lipinski definition) is 4. The van der Waals surface area contributed by atoms with Crippen LogP contribution < -0.4 is 0 Å². The summed E-state index contributed by atoms with van der Waals surface area (Å²) in [6.45, 7) is 1.20. The highest BCUT2D eigenvalue weighted by Crippen LogP contribution is 2.38. The number of nitrogens with zero attached hydrogens (tertiary/aromatic N) is 5. The van der Waals surface area contributed by atoms with E-state index in [9.17, 15) is 10.1 Å². The Morgan fingerprint density at radius 1 is 1.33 bits per heavy atom. The molecular weight excluding hydrogens is 340 g/mol. The number of H-pyrrole nitrogens is 1. The van der Waals surface area contributed by atoms with Crippen LogP contribution in [0.3, 0.4) is 0 Å². The van der Waals surface area contributed by atoms with E-state index in [0.29, 0.717) is 31.8 Å².